The second-order valence-electron chi connectivity index (χ2n) is 4.01. The number of carbonyl (C=O) groups excluding carboxylic acids is 1. The summed E-state index contributed by atoms with van der Waals surface area (Å²) in [4.78, 5) is 13.7. The van der Waals surface area contributed by atoms with Crippen molar-refractivity contribution in [3.05, 3.63) is 0 Å². The minimum absolute atomic E-state index is 0.295. The van der Waals surface area contributed by atoms with Crippen LogP contribution in [0, 0.1) is 12.3 Å². The van der Waals surface area contributed by atoms with E-state index in [0.717, 1.165) is 6.42 Å². The molecule has 2 fully saturated rings. The number of fused-ring (bicyclic) bond motifs is 1. The number of rotatable bonds is 1. The van der Waals surface area contributed by atoms with Crippen LogP contribution in [0.25, 0.3) is 0 Å². The number of esters is 1. The van der Waals surface area contributed by atoms with Crippen LogP contribution in [0.1, 0.15) is 19.3 Å². The van der Waals surface area contributed by atoms with E-state index in [1.807, 2.05) is 0 Å². The molecule has 0 radical (unpaired) electrons. The molecule has 2 saturated heterocycles. The molecule has 0 aromatic heterocycles. The van der Waals surface area contributed by atoms with E-state index < -0.39 is 15.6 Å². The van der Waals surface area contributed by atoms with Crippen molar-refractivity contribution >= 4 is 40.8 Å². The molecular formula is C10H10Cl3NO2. The third-order valence-corrected chi connectivity index (χ3v) is 3.66. The lowest BCUT2D eigenvalue weighted by Crippen LogP contribution is -2.48. The quantitative estimate of drug-likeness (QED) is 0.419. The molecule has 2 rings (SSSR count). The lowest BCUT2D eigenvalue weighted by Gasteiger charge is -2.30. The van der Waals surface area contributed by atoms with Gasteiger partial charge in [0.15, 0.2) is 0 Å². The summed E-state index contributed by atoms with van der Waals surface area (Å²) in [6, 6.07) is 0. The average Bonchev–Trinajstić information content (AvgIpc) is 2.66. The molecular weight excluding hydrogens is 272 g/mol. The van der Waals surface area contributed by atoms with E-state index in [2.05, 4.69) is 5.92 Å². The number of alkyl halides is 3. The van der Waals surface area contributed by atoms with Gasteiger partial charge in [-0.3, -0.25) is 0 Å². The van der Waals surface area contributed by atoms with Gasteiger partial charge in [-0.15, -0.1) is 12.3 Å². The molecule has 0 N–H and O–H groups in total. The van der Waals surface area contributed by atoms with E-state index in [9.17, 15) is 4.79 Å². The van der Waals surface area contributed by atoms with Crippen molar-refractivity contribution in [3.8, 4) is 12.3 Å². The van der Waals surface area contributed by atoms with E-state index in [-0.39, 0.29) is 5.97 Å². The van der Waals surface area contributed by atoms with Gasteiger partial charge in [0.1, 0.15) is 5.54 Å². The van der Waals surface area contributed by atoms with Gasteiger partial charge >= 0.3 is 5.97 Å². The first-order chi connectivity index (χ1) is 7.42. The summed E-state index contributed by atoms with van der Waals surface area (Å²) in [5.41, 5.74) is -0.774. The van der Waals surface area contributed by atoms with E-state index in [4.69, 9.17) is 46.0 Å². The maximum atomic E-state index is 11.9. The monoisotopic (exact) mass is 281 g/mol. The summed E-state index contributed by atoms with van der Waals surface area (Å²) in [6.45, 7) is 0.659. The van der Waals surface area contributed by atoms with Gasteiger partial charge in [0.2, 0.25) is 10.0 Å². The fraction of sp³-hybridized carbons (Fsp3) is 0.700. The molecule has 0 spiro atoms. The van der Waals surface area contributed by atoms with E-state index in [0.29, 0.717) is 19.4 Å². The third kappa shape index (κ3) is 1.69. The maximum absolute atomic E-state index is 11.9. The van der Waals surface area contributed by atoms with Crippen LogP contribution in [-0.2, 0) is 9.53 Å². The minimum atomic E-state index is -1.64. The van der Waals surface area contributed by atoms with Gasteiger partial charge in [0.25, 0.3) is 0 Å². The van der Waals surface area contributed by atoms with Crippen LogP contribution >= 0.6 is 34.8 Å². The molecule has 3 nitrogen and oxygen atoms in total. The van der Waals surface area contributed by atoms with Gasteiger partial charge in [-0.1, -0.05) is 34.8 Å². The predicted molar refractivity (Wildman–Crippen MR) is 62.3 cm³/mol. The minimum Gasteiger partial charge on any atom is -0.440 e. The number of halogens is 3. The molecule has 0 aromatic carbocycles. The Morgan fingerprint density at radius 1 is 1.62 bits per heavy atom. The Morgan fingerprint density at radius 3 is 2.88 bits per heavy atom. The zero-order valence-corrected chi connectivity index (χ0v) is 10.6. The van der Waals surface area contributed by atoms with Crippen molar-refractivity contribution in [2.75, 3.05) is 6.54 Å². The van der Waals surface area contributed by atoms with Crippen LogP contribution in [0.4, 0.5) is 0 Å². The third-order valence-electron chi connectivity index (χ3n) is 3.10. The fourth-order valence-corrected chi connectivity index (χ4v) is 2.90. The van der Waals surface area contributed by atoms with Crippen molar-refractivity contribution in [1.82, 2.24) is 4.90 Å². The number of nitrogens with zero attached hydrogens (tertiary/aromatic N) is 1. The highest BCUT2D eigenvalue weighted by atomic mass is 35.6. The second kappa shape index (κ2) is 3.96. The maximum Gasteiger partial charge on any atom is 0.329 e. The zero-order valence-electron chi connectivity index (χ0n) is 8.38. The number of carbonyl (C=O) groups is 1. The summed E-state index contributed by atoms with van der Waals surface area (Å²) < 4.78 is 3.50. The molecule has 0 saturated carbocycles. The molecule has 0 aromatic rings. The van der Waals surface area contributed by atoms with Gasteiger partial charge in [-0.2, -0.15) is 0 Å². The number of ether oxygens (including phenoxy) is 1. The lowest BCUT2D eigenvalue weighted by atomic mass is 9.93. The largest absolute Gasteiger partial charge is 0.440 e. The predicted octanol–water partition coefficient (Wildman–Crippen LogP) is 2.10. The normalized spacial score (nSPS) is 34.6. The topological polar surface area (TPSA) is 29.5 Å². The molecule has 0 amide bonds. The van der Waals surface area contributed by atoms with Gasteiger partial charge in [-0.25, -0.2) is 9.69 Å². The highest BCUT2D eigenvalue weighted by molar-refractivity contribution is 6.68. The van der Waals surface area contributed by atoms with Crippen LogP contribution < -0.4 is 0 Å². The van der Waals surface area contributed by atoms with Crippen molar-refractivity contribution in [3.63, 3.8) is 0 Å². The summed E-state index contributed by atoms with van der Waals surface area (Å²) >= 11 is 17.4. The average molecular weight is 283 g/mol. The van der Waals surface area contributed by atoms with Crippen LogP contribution in [0.15, 0.2) is 0 Å². The Morgan fingerprint density at radius 2 is 2.31 bits per heavy atom. The first-order valence-electron chi connectivity index (χ1n) is 4.90. The molecule has 88 valence electrons. The van der Waals surface area contributed by atoms with Gasteiger partial charge < -0.3 is 4.74 Å². The van der Waals surface area contributed by atoms with Crippen molar-refractivity contribution < 1.29 is 9.53 Å². The Labute approximate surface area is 109 Å². The highest BCUT2D eigenvalue weighted by Gasteiger charge is 2.62. The van der Waals surface area contributed by atoms with E-state index in [1.165, 1.54) is 0 Å². The van der Waals surface area contributed by atoms with Crippen molar-refractivity contribution in [1.29, 1.82) is 0 Å². The molecule has 2 aliphatic heterocycles. The first-order valence-corrected chi connectivity index (χ1v) is 6.03. The van der Waals surface area contributed by atoms with Crippen LogP contribution in [0.5, 0.6) is 0 Å². The molecule has 2 aliphatic rings. The van der Waals surface area contributed by atoms with Crippen LogP contribution in [0.3, 0.4) is 0 Å². The molecule has 0 bridgehead atoms. The molecule has 0 unspecified atom stereocenters. The van der Waals surface area contributed by atoms with E-state index in [1.54, 1.807) is 4.90 Å². The highest BCUT2D eigenvalue weighted by Crippen LogP contribution is 2.47. The van der Waals surface area contributed by atoms with Gasteiger partial charge in [-0.05, 0) is 12.8 Å². The number of hydrogen-bond acceptors (Lipinski definition) is 3. The van der Waals surface area contributed by atoms with Crippen molar-refractivity contribution in [2.45, 2.75) is 34.8 Å². The lowest BCUT2D eigenvalue weighted by molar-refractivity contribution is -0.145. The smallest absolute Gasteiger partial charge is 0.329 e. The number of hydrogen-bond donors (Lipinski definition) is 0. The Kier molecular flexibility index (Phi) is 3.05. The fourth-order valence-electron chi connectivity index (χ4n) is 2.41. The zero-order chi connectivity index (χ0) is 12.0. The molecule has 0 aliphatic carbocycles. The molecule has 2 atom stereocenters. The number of terminal acetylenes is 1. The molecule has 2 heterocycles. The summed E-state index contributed by atoms with van der Waals surface area (Å²) in [5.74, 6) is 2.13. The van der Waals surface area contributed by atoms with Crippen LogP contribution in [0.2, 0.25) is 0 Å². The van der Waals surface area contributed by atoms with E-state index >= 15 is 0 Å². The first kappa shape index (κ1) is 12.3. The Hall–Kier alpha value is -0.140. The Balaban J connectivity index is 2.34. The summed E-state index contributed by atoms with van der Waals surface area (Å²) in [7, 11) is 0. The summed E-state index contributed by atoms with van der Waals surface area (Å²) in [5, 5.41) is 0. The van der Waals surface area contributed by atoms with Gasteiger partial charge in [0.05, 0.1) is 0 Å². The second-order valence-corrected chi connectivity index (χ2v) is 6.38. The SMILES string of the molecule is C#CC[C@@]12CCCN1[C@@H](C(Cl)(Cl)Cl)OC2=O. The molecule has 6 heteroatoms. The van der Waals surface area contributed by atoms with Crippen molar-refractivity contribution in [2.24, 2.45) is 0 Å². The summed E-state index contributed by atoms with van der Waals surface area (Å²) in [6.07, 6.45) is 6.27. The standard InChI is InChI=1S/C10H10Cl3NO2/c1-2-4-9-5-3-6-14(9)7(10(11,12)13)16-8(9)15/h1,7H,3-6H2/t7-,9+/m1/s1. The molecule has 16 heavy (non-hydrogen) atoms. The Bertz CT molecular complexity index is 360. The van der Waals surface area contributed by atoms with Gasteiger partial charge in [0, 0.05) is 13.0 Å². The van der Waals surface area contributed by atoms with Crippen LogP contribution in [-0.4, -0.2) is 33.0 Å². The number of cyclic esters (lactones) is 1.